The first kappa shape index (κ1) is 41.5. The number of hydrogen-bond acceptors (Lipinski definition) is 14. The van der Waals surface area contributed by atoms with Gasteiger partial charge in [0.05, 0.1) is 54.4 Å². The lowest BCUT2D eigenvalue weighted by Crippen LogP contribution is -2.67. The second kappa shape index (κ2) is 15.6. The molecule has 14 nitrogen and oxygen atoms in total. The van der Waals surface area contributed by atoms with Crippen LogP contribution in [0.25, 0.3) is 0 Å². The molecule has 14 heteroatoms. The number of cyclic esters (lactones) is 1. The summed E-state index contributed by atoms with van der Waals surface area (Å²) >= 11 is 0. The van der Waals surface area contributed by atoms with E-state index in [-0.39, 0.29) is 67.2 Å². The van der Waals surface area contributed by atoms with Crippen molar-refractivity contribution in [1.82, 2.24) is 0 Å². The summed E-state index contributed by atoms with van der Waals surface area (Å²) in [6, 6.07) is 0. The zero-order valence-corrected chi connectivity index (χ0v) is 33.9. The van der Waals surface area contributed by atoms with Crippen molar-refractivity contribution in [2.24, 2.45) is 34.5 Å². The molecule has 4 aliphatic heterocycles. The fraction of sp³-hybridized carbons (Fsp3) is 0.929. The number of hydrogen-bond donors (Lipinski definition) is 5. The molecule has 0 radical (unpaired) electrons. The number of aliphatic hydroxyl groups excluding tert-OH is 4. The number of methoxy groups -OCH3 is 1. The standard InChI is InChI=1S/C42H66O14/c1-20-37(49-6)29(43)16-35(51-20)55-39-22(3)53-36(18-31(39)45)56-38-21(2)52-34(17-30(38)44)54-25-9-11-40(4)24(14-25)7-8-27-28(40)15-32(46)41(5)26(10-12-42(27,41)48)23-13-33(47)50-19-23/h13,20-22,24-32,34-39,43-46,48H,7-12,14-19H2,1-6H3/t20-,21-,22-,24-,25+,26-,27-,28+,29+,30+,31+,32-,34+,35+,36+,37-,38-,39-,40+,41+,42+/m1/s1. The molecule has 7 fully saturated rings. The van der Waals surface area contributed by atoms with Crippen molar-refractivity contribution in [2.75, 3.05) is 13.7 Å². The first-order valence-corrected chi connectivity index (χ1v) is 21.3. The molecule has 4 heterocycles. The molecule has 56 heavy (non-hydrogen) atoms. The number of ether oxygens (including phenoxy) is 8. The fourth-order valence-corrected chi connectivity index (χ4v) is 13.1. The lowest BCUT2D eigenvalue weighted by Gasteiger charge is -2.65. The smallest absolute Gasteiger partial charge is 0.331 e. The SMILES string of the molecule is CO[C@H]1[C@@H](O)C[C@H](O[C@H]2[C@@H](O)C[C@H](O[C@H]3[C@@H](O)C[C@H](O[C@H]4CC[C@@]5(C)[C@H](CC[C@@H]6[C@@H]5C[C@@H](O)[C@]5(C)[C@@H](C7=CC(=O)OC7)CC[C@]65O)C4)O[C@@H]3C)O[C@@H]2C)O[C@@H]1C. The minimum atomic E-state index is -1.01. The lowest BCUT2D eigenvalue weighted by molar-refractivity contribution is -0.336. The molecule has 4 aliphatic carbocycles. The van der Waals surface area contributed by atoms with Gasteiger partial charge < -0.3 is 63.4 Å². The summed E-state index contributed by atoms with van der Waals surface area (Å²) in [5.74, 6) is 0.223. The topological polar surface area (TPSA) is 192 Å². The normalized spacial score (nSPS) is 54.8. The molecule has 0 aromatic rings. The van der Waals surface area contributed by atoms with Gasteiger partial charge in [-0.15, -0.1) is 0 Å². The average Bonchev–Trinajstić information content (AvgIpc) is 3.68. The summed E-state index contributed by atoms with van der Waals surface area (Å²) in [5.41, 5.74) is -0.877. The fourth-order valence-electron chi connectivity index (χ4n) is 13.1. The van der Waals surface area contributed by atoms with Crippen LogP contribution in [0.2, 0.25) is 0 Å². The Bertz CT molecular complexity index is 1430. The van der Waals surface area contributed by atoms with Crippen molar-refractivity contribution in [3.8, 4) is 0 Å². The monoisotopic (exact) mass is 794 g/mol. The quantitative estimate of drug-likeness (QED) is 0.178. The highest BCUT2D eigenvalue weighted by Crippen LogP contribution is 2.70. The summed E-state index contributed by atoms with van der Waals surface area (Å²) in [4.78, 5) is 12.0. The van der Waals surface area contributed by atoms with Crippen molar-refractivity contribution >= 4 is 5.97 Å². The summed E-state index contributed by atoms with van der Waals surface area (Å²) in [5, 5.41) is 57.3. The number of rotatable bonds is 8. The molecule has 21 atom stereocenters. The summed E-state index contributed by atoms with van der Waals surface area (Å²) in [6.07, 6.45) is -0.0154. The van der Waals surface area contributed by atoms with Crippen LogP contribution in [0.15, 0.2) is 11.6 Å². The third-order valence-electron chi connectivity index (χ3n) is 16.2. The predicted octanol–water partition coefficient (Wildman–Crippen LogP) is 2.87. The lowest BCUT2D eigenvalue weighted by atomic mass is 9.42. The van der Waals surface area contributed by atoms with E-state index in [4.69, 9.17) is 37.9 Å². The third kappa shape index (κ3) is 7.02. The van der Waals surface area contributed by atoms with E-state index in [1.165, 1.54) is 7.11 Å². The zero-order valence-electron chi connectivity index (χ0n) is 33.9. The number of esters is 1. The Morgan fingerprint density at radius 2 is 1.27 bits per heavy atom. The number of carbonyl (C=O) groups excluding carboxylic acids is 1. The van der Waals surface area contributed by atoms with Gasteiger partial charge in [0.1, 0.15) is 24.9 Å². The molecule has 3 saturated heterocycles. The van der Waals surface area contributed by atoms with Crippen LogP contribution in [0.5, 0.6) is 0 Å². The Balaban J connectivity index is 0.832. The van der Waals surface area contributed by atoms with Gasteiger partial charge in [-0.3, -0.25) is 0 Å². The van der Waals surface area contributed by atoms with Crippen LogP contribution in [0.4, 0.5) is 0 Å². The summed E-state index contributed by atoms with van der Waals surface area (Å²) in [7, 11) is 1.53. The molecule has 0 amide bonds. The highest BCUT2D eigenvalue weighted by molar-refractivity contribution is 5.85. The van der Waals surface area contributed by atoms with Gasteiger partial charge in [-0.2, -0.15) is 0 Å². The molecule has 318 valence electrons. The van der Waals surface area contributed by atoms with E-state index in [9.17, 15) is 30.3 Å². The first-order valence-electron chi connectivity index (χ1n) is 21.3. The van der Waals surface area contributed by atoms with Gasteiger partial charge in [-0.25, -0.2) is 4.79 Å². The van der Waals surface area contributed by atoms with E-state index >= 15 is 0 Å². The van der Waals surface area contributed by atoms with Crippen molar-refractivity contribution in [3.63, 3.8) is 0 Å². The van der Waals surface area contributed by atoms with Crippen LogP contribution in [-0.4, -0.2) is 137 Å². The van der Waals surface area contributed by atoms with Crippen molar-refractivity contribution in [3.05, 3.63) is 11.6 Å². The maximum Gasteiger partial charge on any atom is 0.331 e. The minimum Gasteiger partial charge on any atom is -0.458 e. The minimum absolute atomic E-state index is 0.0386. The van der Waals surface area contributed by atoms with E-state index in [0.717, 1.165) is 44.1 Å². The Kier molecular flexibility index (Phi) is 11.6. The molecule has 8 aliphatic rings. The van der Waals surface area contributed by atoms with Gasteiger partial charge in [0.15, 0.2) is 18.9 Å². The predicted molar refractivity (Wildman–Crippen MR) is 197 cm³/mol. The highest BCUT2D eigenvalue weighted by atomic mass is 16.7. The number of fused-ring (bicyclic) bond motifs is 5. The maximum atomic E-state index is 12.6. The number of aliphatic hydroxyl groups is 5. The molecule has 8 rings (SSSR count). The maximum absolute atomic E-state index is 12.6. The summed E-state index contributed by atoms with van der Waals surface area (Å²) < 4.78 is 47.8. The molecule has 4 saturated carbocycles. The number of carbonyl (C=O) groups is 1. The van der Waals surface area contributed by atoms with E-state index in [2.05, 4.69) is 6.92 Å². The molecule has 0 bridgehead atoms. The third-order valence-corrected chi connectivity index (χ3v) is 16.2. The van der Waals surface area contributed by atoms with Crippen LogP contribution in [0.1, 0.15) is 105 Å². The van der Waals surface area contributed by atoms with Crippen molar-refractivity contribution < 1.29 is 68.2 Å². The van der Waals surface area contributed by atoms with Crippen molar-refractivity contribution in [1.29, 1.82) is 0 Å². The molecule has 0 unspecified atom stereocenters. The van der Waals surface area contributed by atoms with E-state index in [0.29, 0.717) is 18.8 Å². The van der Waals surface area contributed by atoms with Crippen LogP contribution < -0.4 is 0 Å². The van der Waals surface area contributed by atoms with Gasteiger partial charge in [0.2, 0.25) is 0 Å². The zero-order chi connectivity index (χ0) is 39.9. The van der Waals surface area contributed by atoms with Crippen molar-refractivity contribution in [2.45, 2.75) is 197 Å². The Morgan fingerprint density at radius 3 is 1.80 bits per heavy atom. The van der Waals surface area contributed by atoms with Crippen LogP contribution in [0.3, 0.4) is 0 Å². The van der Waals surface area contributed by atoms with Gasteiger partial charge in [-0.1, -0.05) is 13.8 Å². The first-order chi connectivity index (χ1) is 26.5. The molecule has 5 N–H and O–H groups in total. The molecular formula is C42H66O14. The molecule has 0 aromatic carbocycles. The second-order valence-corrected chi connectivity index (χ2v) is 19.0. The Hall–Kier alpha value is -1.27. The molecular weight excluding hydrogens is 728 g/mol. The summed E-state index contributed by atoms with van der Waals surface area (Å²) in [6.45, 7) is 10.1. The van der Waals surface area contributed by atoms with E-state index in [1.54, 1.807) is 13.0 Å². The van der Waals surface area contributed by atoms with Gasteiger partial charge in [0, 0.05) is 37.9 Å². The van der Waals surface area contributed by atoms with Gasteiger partial charge >= 0.3 is 5.97 Å². The van der Waals surface area contributed by atoms with E-state index < -0.39 is 84.8 Å². The average molecular weight is 795 g/mol. The van der Waals surface area contributed by atoms with Gasteiger partial charge in [0.25, 0.3) is 0 Å². The van der Waals surface area contributed by atoms with Crippen LogP contribution in [0, 0.1) is 34.5 Å². The Morgan fingerprint density at radius 1 is 0.696 bits per heavy atom. The molecule has 0 spiro atoms. The second-order valence-electron chi connectivity index (χ2n) is 19.0. The Labute approximate surface area is 330 Å². The largest absolute Gasteiger partial charge is 0.458 e. The van der Waals surface area contributed by atoms with E-state index in [1.807, 2.05) is 20.8 Å². The highest BCUT2D eigenvalue weighted by Gasteiger charge is 2.71. The van der Waals surface area contributed by atoms with Crippen LogP contribution in [-0.2, 0) is 42.7 Å². The van der Waals surface area contributed by atoms with Gasteiger partial charge in [-0.05, 0) is 107 Å². The van der Waals surface area contributed by atoms with Crippen LogP contribution >= 0.6 is 0 Å². The molecule has 0 aromatic heterocycles.